The summed E-state index contributed by atoms with van der Waals surface area (Å²) in [6.45, 7) is 3.22. The minimum Gasteiger partial charge on any atom is -0.346 e. The maximum Gasteiger partial charge on any atom is 0.193 e. The van der Waals surface area contributed by atoms with E-state index in [0.717, 1.165) is 11.1 Å². The van der Waals surface area contributed by atoms with Crippen LogP contribution >= 0.6 is 0 Å². The van der Waals surface area contributed by atoms with E-state index in [4.69, 9.17) is 9.47 Å². The van der Waals surface area contributed by atoms with Crippen molar-refractivity contribution in [2.75, 3.05) is 13.2 Å². The van der Waals surface area contributed by atoms with Crippen molar-refractivity contribution >= 4 is 5.78 Å². The lowest BCUT2D eigenvalue weighted by Crippen LogP contribution is -2.03. The van der Waals surface area contributed by atoms with E-state index in [1.165, 1.54) is 0 Å². The van der Waals surface area contributed by atoms with Gasteiger partial charge < -0.3 is 9.47 Å². The van der Waals surface area contributed by atoms with E-state index < -0.39 is 0 Å². The summed E-state index contributed by atoms with van der Waals surface area (Å²) in [6.07, 6.45) is -0.293. The molecule has 0 radical (unpaired) electrons. The first-order valence-electron chi connectivity index (χ1n) is 6.68. The van der Waals surface area contributed by atoms with Gasteiger partial charge in [0.1, 0.15) is 0 Å². The molecule has 2 aromatic rings. The van der Waals surface area contributed by atoms with Crippen LogP contribution < -0.4 is 0 Å². The number of carbonyl (C=O) groups is 1. The van der Waals surface area contributed by atoms with Gasteiger partial charge in [0.2, 0.25) is 0 Å². The zero-order valence-corrected chi connectivity index (χ0v) is 11.3. The summed E-state index contributed by atoms with van der Waals surface area (Å²) in [5.74, 6) is 0.0357. The van der Waals surface area contributed by atoms with Gasteiger partial charge in [0, 0.05) is 16.7 Å². The monoisotopic (exact) mass is 268 g/mol. The van der Waals surface area contributed by atoms with E-state index in [-0.39, 0.29) is 12.1 Å². The van der Waals surface area contributed by atoms with Gasteiger partial charge in [0.25, 0.3) is 0 Å². The molecule has 0 unspecified atom stereocenters. The van der Waals surface area contributed by atoms with Crippen LogP contribution in [0.1, 0.15) is 33.3 Å². The first kappa shape index (κ1) is 13.0. The summed E-state index contributed by atoms with van der Waals surface area (Å²) < 4.78 is 10.9. The number of rotatable bonds is 3. The second-order valence-electron chi connectivity index (χ2n) is 4.89. The summed E-state index contributed by atoms with van der Waals surface area (Å²) in [4.78, 5) is 12.4. The van der Waals surface area contributed by atoms with Crippen molar-refractivity contribution in [3.8, 4) is 0 Å². The Bertz CT molecular complexity index is 610. The Balaban J connectivity index is 1.82. The first-order valence-corrected chi connectivity index (χ1v) is 6.68. The molecule has 1 saturated heterocycles. The second kappa shape index (κ2) is 5.57. The van der Waals surface area contributed by atoms with Crippen molar-refractivity contribution in [2.45, 2.75) is 13.2 Å². The quantitative estimate of drug-likeness (QED) is 0.801. The van der Waals surface area contributed by atoms with E-state index in [1.807, 2.05) is 55.5 Å². The lowest BCUT2D eigenvalue weighted by molar-refractivity contribution is -0.0441. The fourth-order valence-electron chi connectivity index (χ4n) is 2.30. The van der Waals surface area contributed by atoms with Crippen molar-refractivity contribution < 1.29 is 14.3 Å². The average Bonchev–Trinajstić information content (AvgIpc) is 3.01. The molecule has 0 spiro atoms. The third-order valence-electron chi connectivity index (χ3n) is 3.35. The molecule has 3 rings (SSSR count). The third-order valence-corrected chi connectivity index (χ3v) is 3.35. The molecule has 20 heavy (non-hydrogen) atoms. The van der Waals surface area contributed by atoms with Crippen LogP contribution in [0.4, 0.5) is 0 Å². The van der Waals surface area contributed by atoms with Crippen LogP contribution in [0.2, 0.25) is 0 Å². The fraction of sp³-hybridized carbons (Fsp3) is 0.235. The lowest BCUT2D eigenvalue weighted by atomic mass is 10.0. The molecule has 0 amide bonds. The van der Waals surface area contributed by atoms with Crippen LogP contribution in [0, 0.1) is 6.92 Å². The molecule has 102 valence electrons. The van der Waals surface area contributed by atoms with Gasteiger partial charge in [-0.25, -0.2) is 0 Å². The Morgan fingerprint density at radius 1 is 1.00 bits per heavy atom. The molecule has 0 bridgehead atoms. The SMILES string of the molecule is Cc1cccc(C(=O)c2ccc(C3OCCO3)cc2)c1. The highest BCUT2D eigenvalue weighted by Crippen LogP contribution is 2.23. The molecule has 3 nitrogen and oxygen atoms in total. The summed E-state index contributed by atoms with van der Waals surface area (Å²) in [5, 5.41) is 0. The van der Waals surface area contributed by atoms with Crippen molar-refractivity contribution in [3.63, 3.8) is 0 Å². The van der Waals surface area contributed by atoms with Gasteiger partial charge in [-0.15, -0.1) is 0 Å². The van der Waals surface area contributed by atoms with E-state index in [1.54, 1.807) is 0 Å². The Hall–Kier alpha value is -1.97. The van der Waals surface area contributed by atoms with Gasteiger partial charge in [-0.05, 0) is 13.0 Å². The maximum absolute atomic E-state index is 12.4. The molecule has 0 N–H and O–H groups in total. The molecule has 0 saturated carbocycles. The molecule has 0 aliphatic carbocycles. The van der Waals surface area contributed by atoms with Crippen molar-refractivity contribution in [1.82, 2.24) is 0 Å². The number of hydrogen-bond donors (Lipinski definition) is 0. The van der Waals surface area contributed by atoms with Gasteiger partial charge >= 0.3 is 0 Å². The van der Waals surface area contributed by atoms with E-state index in [0.29, 0.717) is 24.3 Å². The van der Waals surface area contributed by atoms with Crippen molar-refractivity contribution in [3.05, 3.63) is 70.8 Å². The molecule has 2 aromatic carbocycles. The number of benzene rings is 2. The minimum atomic E-state index is -0.293. The van der Waals surface area contributed by atoms with Crippen LogP contribution in [-0.2, 0) is 9.47 Å². The van der Waals surface area contributed by atoms with Gasteiger partial charge in [-0.3, -0.25) is 4.79 Å². The molecule has 3 heteroatoms. The molecule has 1 heterocycles. The number of hydrogen-bond acceptors (Lipinski definition) is 3. The summed E-state index contributed by atoms with van der Waals surface area (Å²) in [6, 6.07) is 15.0. The summed E-state index contributed by atoms with van der Waals surface area (Å²) >= 11 is 0. The topological polar surface area (TPSA) is 35.5 Å². The van der Waals surface area contributed by atoms with Crippen LogP contribution in [0.3, 0.4) is 0 Å². The number of carbonyl (C=O) groups excluding carboxylic acids is 1. The van der Waals surface area contributed by atoms with Crippen LogP contribution in [0.15, 0.2) is 48.5 Å². The van der Waals surface area contributed by atoms with Crippen molar-refractivity contribution in [2.24, 2.45) is 0 Å². The average molecular weight is 268 g/mol. The first-order chi connectivity index (χ1) is 9.74. The highest BCUT2D eigenvalue weighted by atomic mass is 16.7. The zero-order valence-electron chi connectivity index (χ0n) is 11.3. The normalized spacial score (nSPS) is 15.4. The van der Waals surface area contributed by atoms with Gasteiger partial charge in [-0.1, -0.05) is 48.0 Å². The highest BCUT2D eigenvalue weighted by molar-refractivity contribution is 6.09. The second-order valence-corrected chi connectivity index (χ2v) is 4.89. The predicted molar refractivity (Wildman–Crippen MR) is 75.7 cm³/mol. The Morgan fingerprint density at radius 3 is 2.35 bits per heavy atom. The standard InChI is InChI=1S/C17H16O3/c1-12-3-2-4-15(11-12)16(18)13-5-7-14(8-6-13)17-19-9-10-20-17/h2-8,11,17H,9-10H2,1H3. The smallest absolute Gasteiger partial charge is 0.193 e. The zero-order chi connectivity index (χ0) is 13.9. The Morgan fingerprint density at radius 2 is 1.70 bits per heavy atom. The third kappa shape index (κ3) is 2.64. The molecule has 1 aliphatic rings. The number of aryl methyl sites for hydroxylation is 1. The Labute approximate surface area is 118 Å². The van der Waals surface area contributed by atoms with Gasteiger partial charge in [-0.2, -0.15) is 0 Å². The van der Waals surface area contributed by atoms with Crippen LogP contribution in [-0.4, -0.2) is 19.0 Å². The van der Waals surface area contributed by atoms with Gasteiger partial charge in [0.05, 0.1) is 13.2 Å². The highest BCUT2D eigenvalue weighted by Gasteiger charge is 2.18. The van der Waals surface area contributed by atoms with E-state index >= 15 is 0 Å². The molecule has 1 aliphatic heterocycles. The van der Waals surface area contributed by atoms with E-state index in [9.17, 15) is 4.79 Å². The molecule has 0 aromatic heterocycles. The largest absolute Gasteiger partial charge is 0.346 e. The minimum absolute atomic E-state index is 0.0357. The molecular formula is C17H16O3. The Kier molecular flexibility index (Phi) is 3.63. The molecular weight excluding hydrogens is 252 g/mol. The van der Waals surface area contributed by atoms with Gasteiger partial charge in [0.15, 0.2) is 12.1 Å². The lowest BCUT2D eigenvalue weighted by Gasteiger charge is -2.09. The number of ether oxygens (including phenoxy) is 2. The van der Waals surface area contributed by atoms with E-state index in [2.05, 4.69) is 0 Å². The molecule has 1 fully saturated rings. The maximum atomic E-state index is 12.4. The predicted octanol–water partition coefficient (Wildman–Crippen LogP) is 3.27. The number of ketones is 1. The van der Waals surface area contributed by atoms with Crippen molar-refractivity contribution in [1.29, 1.82) is 0 Å². The fourth-order valence-corrected chi connectivity index (χ4v) is 2.30. The van der Waals surface area contributed by atoms with Crippen LogP contribution in [0.5, 0.6) is 0 Å². The molecule has 0 atom stereocenters. The summed E-state index contributed by atoms with van der Waals surface area (Å²) in [5.41, 5.74) is 3.42. The summed E-state index contributed by atoms with van der Waals surface area (Å²) in [7, 11) is 0. The van der Waals surface area contributed by atoms with Crippen LogP contribution in [0.25, 0.3) is 0 Å².